The summed E-state index contributed by atoms with van der Waals surface area (Å²) in [4.78, 5) is 5.81. The average molecular weight is 260 g/mol. The smallest absolute Gasteiger partial charge is 0.0900 e. The van der Waals surface area contributed by atoms with Gasteiger partial charge in [-0.25, -0.2) is 4.98 Å². The molecule has 0 fully saturated rings. The van der Waals surface area contributed by atoms with Gasteiger partial charge >= 0.3 is 0 Å². The number of nitrogens with one attached hydrogen (secondary N) is 1. The molecule has 2 rings (SSSR count). The first-order chi connectivity index (χ1) is 8.45. The van der Waals surface area contributed by atoms with Crippen LogP contribution in [0.3, 0.4) is 0 Å². The third kappa shape index (κ3) is 2.91. The van der Waals surface area contributed by atoms with Gasteiger partial charge < -0.3 is 5.32 Å². The molecule has 18 heavy (non-hydrogen) atoms. The van der Waals surface area contributed by atoms with Crippen molar-refractivity contribution in [2.24, 2.45) is 0 Å². The second-order valence-electron chi connectivity index (χ2n) is 4.92. The zero-order chi connectivity index (χ0) is 13.3. The predicted octanol–water partition coefficient (Wildman–Crippen LogP) is 4.55. The molecular weight excluding hydrogens is 240 g/mol. The summed E-state index contributed by atoms with van der Waals surface area (Å²) >= 11 is 1.78. The molecule has 96 valence electrons. The van der Waals surface area contributed by atoms with Crippen molar-refractivity contribution in [1.29, 1.82) is 0 Å². The van der Waals surface area contributed by atoms with E-state index in [0.29, 0.717) is 6.04 Å². The molecule has 0 radical (unpaired) electrons. The highest BCUT2D eigenvalue weighted by atomic mass is 32.1. The lowest BCUT2D eigenvalue weighted by Crippen LogP contribution is -2.06. The van der Waals surface area contributed by atoms with E-state index in [9.17, 15) is 0 Å². The van der Waals surface area contributed by atoms with Crippen molar-refractivity contribution in [2.75, 3.05) is 5.32 Å². The Bertz CT molecular complexity index is 537. The highest BCUT2D eigenvalue weighted by molar-refractivity contribution is 7.11. The molecule has 0 spiro atoms. The molecule has 1 N–H and O–H groups in total. The van der Waals surface area contributed by atoms with Crippen LogP contribution in [0.2, 0.25) is 0 Å². The van der Waals surface area contributed by atoms with Gasteiger partial charge in [-0.3, -0.25) is 0 Å². The molecule has 1 aromatic carbocycles. The summed E-state index contributed by atoms with van der Waals surface area (Å²) in [5.74, 6) is 0. The minimum absolute atomic E-state index is 0.303. The molecule has 0 saturated heterocycles. The number of rotatable bonds is 3. The number of nitrogens with zero attached hydrogens (tertiary/aromatic N) is 1. The quantitative estimate of drug-likeness (QED) is 0.875. The molecule has 0 bridgehead atoms. The first kappa shape index (κ1) is 13.1. The number of aryl methyl sites for hydroxylation is 4. The van der Waals surface area contributed by atoms with Gasteiger partial charge in [-0.1, -0.05) is 6.07 Å². The molecular formula is C15H20N2S. The van der Waals surface area contributed by atoms with E-state index in [2.05, 4.69) is 63.1 Å². The van der Waals surface area contributed by atoms with Crippen LogP contribution in [0.25, 0.3) is 0 Å². The SMILES string of the molecule is Cc1cc(C)cc(NC(C)c2sc(C)nc2C)c1. The van der Waals surface area contributed by atoms with E-state index in [1.54, 1.807) is 11.3 Å². The zero-order valence-electron chi connectivity index (χ0n) is 11.7. The molecule has 0 aliphatic heterocycles. The maximum absolute atomic E-state index is 4.49. The van der Waals surface area contributed by atoms with Crippen LogP contribution in [0.15, 0.2) is 18.2 Å². The maximum atomic E-state index is 4.49. The van der Waals surface area contributed by atoms with Crippen LogP contribution >= 0.6 is 11.3 Å². The van der Waals surface area contributed by atoms with Gasteiger partial charge in [-0.05, 0) is 57.9 Å². The Morgan fingerprint density at radius 3 is 2.17 bits per heavy atom. The number of aromatic nitrogens is 1. The molecule has 0 aliphatic carbocycles. The topological polar surface area (TPSA) is 24.9 Å². The standard InChI is InChI=1S/C15H20N2S/c1-9-6-10(2)8-14(7-9)17-12(4)15-11(3)16-13(5)18-15/h6-8,12,17H,1-5H3. The van der Waals surface area contributed by atoms with Crippen molar-refractivity contribution in [3.05, 3.63) is 44.9 Å². The first-order valence-corrected chi connectivity index (χ1v) is 7.06. The third-order valence-corrected chi connectivity index (χ3v) is 4.19. The molecule has 3 heteroatoms. The van der Waals surface area contributed by atoms with Gasteiger partial charge in [0.2, 0.25) is 0 Å². The Labute approximate surface area is 113 Å². The zero-order valence-corrected chi connectivity index (χ0v) is 12.5. The molecule has 0 saturated carbocycles. The van der Waals surface area contributed by atoms with E-state index < -0.39 is 0 Å². The molecule has 2 aromatic rings. The minimum Gasteiger partial charge on any atom is -0.378 e. The average Bonchev–Trinajstić information content (AvgIpc) is 2.56. The maximum Gasteiger partial charge on any atom is 0.0900 e. The second kappa shape index (κ2) is 5.11. The summed E-state index contributed by atoms with van der Waals surface area (Å²) in [7, 11) is 0. The van der Waals surface area contributed by atoms with E-state index in [-0.39, 0.29) is 0 Å². The fourth-order valence-corrected chi connectivity index (χ4v) is 3.25. The van der Waals surface area contributed by atoms with Crippen LogP contribution in [0.1, 0.15) is 39.7 Å². The monoisotopic (exact) mass is 260 g/mol. The number of hydrogen-bond acceptors (Lipinski definition) is 3. The lowest BCUT2D eigenvalue weighted by molar-refractivity contribution is 0.889. The fourth-order valence-electron chi connectivity index (χ4n) is 2.32. The van der Waals surface area contributed by atoms with Crippen molar-refractivity contribution < 1.29 is 0 Å². The predicted molar refractivity (Wildman–Crippen MR) is 79.5 cm³/mol. The minimum atomic E-state index is 0.303. The lowest BCUT2D eigenvalue weighted by Gasteiger charge is -2.15. The molecule has 1 atom stereocenters. The summed E-state index contributed by atoms with van der Waals surface area (Å²) in [5.41, 5.74) is 4.91. The molecule has 1 heterocycles. The Hall–Kier alpha value is -1.35. The van der Waals surface area contributed by atoms with Crippen LogP contribution in [-0.4, -0.2) is 4.98 Å². The summed E-state index contributed by atoms with van der Waals surface area (Å²) in [5, 5.41) is 4.70. The van der Waals surface area contributed by atoms with Gasteiger partial charge in [-0.2, -0.15) is 0 Å². The van der Waals surface area contributed by atoms with Crippen LogP contribution in [-0.2, 0) is 0 Å². The molecule has 1 aromatic heterocycles. The van der Waals surface area contributed by atoms with Gasteiger partial charge in [0.15, 0.2) is 0 Å². The van der Waals surface area contributed by atoms with Crippen LogP contribution in [0.4, 0.5) is 5.69 Å². The highest BCUT2D eigenvalue weighted by Crippen LogP contribution is 2.28. The van der Waals surface area contributed by atoms with E-state index in [4.69, 9.17) is 0 Å². The van der Waals surface area contributed by atoms with E-state index in [1.165, 1.54) is 21.7 Å². The Kier molecular flexibility index (Phi) is 3.71. The molecule has 2 nitrogen and oxygen atoms in total. The summed E-state index contributed by atoms with van der Waals surface area (Å²) < 4.78 is 0. The molecule has 0 aliphatic rings. The summed E-state index contributed by atoms with van der Waals surface area (Å²) in [6, 6.07) is 6.87. The van der Waals surface area contributed by atoms with Crippen LogP contribution < -0.4 is 5.32 Å². The molecule has 0 amide bonds. The van der Waals surface area contributed by atoms with Gasteiger partial charge in [0.25, 0.3) is 0 Å². The van der Waals surface area contributed by atoms with Crippen LogP contribution in [0.5, 0.6) is 0 Å². The van der Waals surface area contributed by atoms with Crippen molar-refractivity contribution >= 4 is 17.0 Å². The van der Waals surface area contributed by atoms with Gasteiger partial charge in [0.05, 0.1) is 16.7 Å². The highest BCUT2D eigenvalue weighted by Gasteiger charge is 2.12. The number of benzene rings is 1. The fraction of sp³-hybridized carbons (Fsp3) is 0.400. The van der Waals surface area contributed by atoms with E-state index >= 15 is 0 Å². The lowest BCUT2D eigenvalue weighted by atomic mass is 10.1. The first-order valence-electron chi connectivity index (χ1n) is 6.24. The van der Waals surface area contributed by atoms with Gasteiger partial charge in [-0.15, -0.1) is 11.3 Å². The van der Waals surface area contributed by atoms with Gasteiger partial charge in [0.1, 0.15) is 0 Å². The Morgan fingerprint density at radius 2 is 1.67 bits per heavy atom. The largest absolute Gasteiger partial charge is 0.378 e. The number of thiazole rings is 1. The summed E-state index contributed by atoms with van der Waals surface area (Å²) in [6.45, 7) is 10.6. The van der Waals surface area contributed by atoms with E-state index in [0.717, 1.165) is 10.7 Å². The summed E-state index contributed by atoms with van der Waals surface area (Å²) in [6.07, 6.45) is 0. The number of anilines is 1. The normalized spacial score (nSPS) is 12.5. The third-order valence-electron chi connectivity index (χ3n) is 2.94. The molecule has 1 unspecified atom stereocenters. The van der Waals surface area contributed by atoms with Crippen molar-refractivity contribution in [2.45, 2.75) is 40.7 Å². The van der Waals surface area contributed by atoms with Crippen LogP contribution in [0, 0.1) is 27.7 Å². The number of hydrogen-bond donors (Lipinski definition) is 1. The second-order valence-corrected chi connectivity index (χ2v) is 6.16. The van der Waals surface area contributed by atoms with E-state index in [1.807, 2.05) is 0 Å². The Morgan fingerprint density at radius 1 is 1.06 bits per heavy atom. The Balaban J connectivity index is 2.20. The van der Waals surface area contributed by atoms with Crippen molar-refractivity contribution in [3.63, 3.8) is 0 Å². The van der Waals surface area contributed by atoms with Crippen molar-refractivity contribution in [1.82, 2.24) is 4.98 Å². The van der Waals surface area contributed by atoms with Gasteiger partial charge in [0, 0.05) is 10.6 Å². The van der Waals surface area contributed by atoms with Crippen molar-refractivity contribution in [3.8, 4) is 0 Å².